The molecule has 0 bridgehead atoms. The van der Waals surface area contributed by atoms with E-state index in [1.807, 2.05) is 12.1 Å². The second kappa shape index (κ2) is 3.79. The molecule has 0 radical (unpaired) electrons. The van der Waals surface area contributed by atoms with E-state index >= 15 is 0 Å². The number of phenols is 1. The van der Waals surface area contributed by atoms with Gasteiger partial charge in [-0.05, 0) is 26.0 Å². The van der Waals surface area contributed by atoms with Gasteiger partial charge in [-0.15, -0.1) is 0 Å². The van der Waals surface area contributed by atoms with Gasteiger partial charge in [0.2, 0.25) is 0 Å². The van der Waals surface area contributed by atoms with Gasteiger partial charge in [0.1, 0.15) is 11.4 Å². The number of nitrogens with zero attached hydrogens (tertiary/aromatic N) is 1. The van der Waals surface area contributed by atoms with Crippen LogP contribution in [0.4, 0.5) is 5.69 Å². The first kappa shape index (κ1) is 10.1. The van der Waals surface area contributed by atoms with Crippen LogP contribution in [-0.2, 0) is 0 Å². The molecule has 0 aliphatic rings. The summed E-state index contributed by atoms with van der Waals surface area (Å²) in [4.78, 5) is 0. The molecular weight excluding hydrogens is 162 g/mol. The van der Waals surface area contributed by atoms with Gasteiger partial charge in [0.25, 0.3) is 0 Å². The summed E-state index contributed by atoms with van der Waals surface area (Å²) in [5.74, 6) is 0.351. The third kappa shape index (κ3) is 2.01. The molecule has 0 amide bonds. The van der Waals surface area contributed by atoms with Crippen LogP contribution in [0.2, 0.25) is 0 Å². The molecule has 1 aromatic carbocycles. The number of benzene rings is 1. The summed E-state index contributed by atoms with van der Waals surface area (Å²) in [7, 11) is 2.18. The topological polar surface area (TPSA) is 20.2 Å². The van der Waals surface area contributed by atoms with Gasteiger partial charge in [0, 0.05) is 6.07 Å². The maximum absolute atomic E-state index is 9.36. The molecule has 0 aliphatic heterocycles. The molecule has 0 aromatic heterocycles. The van der Waals surface area contributed by atoms with Gasteiger partial charge in [-0.1, -0.05) is 6.07 Å². The number of aromatic hydroxyl groups is 1. The van der Waals surface area contributed by atoms with Gasteiger partial charge < -0.3 is 5.11 Å². The normalized spacial score (nSPS) is 11.6. The number of hydrogen-bond acceptors (Lipinski definition) is 1. The van der Waals surface area contributed by atoms with Crippen LogP contribution in [0, 0.1) is 0 Å². The Balaban J connectivity index is 3.05. The molecule has 0 unspecified atom stereocenters. The summed E-state index contributed by atoms with van der Waals surface area (Å²) in [6.45, 7) is 6.40. The van der Waals surface area contributed by atoms with Crippen molar-refractivity contribution in [1.82, 2.24) is 4.48 Å². The zero-order valence-corrected chi connectivity index (χ0v) is 8.62. The average molecular weight is 180 g/mol. The van der Waals surface area contributed by atoms with E-state index in [0.29, 0.717) is 5.75 Å². The molecule has 0 saturated carbocycles. The maximum Gasteiger partial charge on any atom is 0.136 e. The van der Waals surface area contributed by atoms with Crippen LogP contribution < -0.4 is 4.48 Å². The highest BCUT2D eigenvalue weighted by Gasteiger charge is 2.19. The van der Waals surface area contributed by atoms with E-state index in [9.17, 15) is 5.11 Å². The molecule has 1 N–H and O–H groups in total. The van der Waals surface area contributed by atoms with Crippen LogP contribution in [0.25, 0.3) is 0 Å². The first-order valence-corrected chi connectivity index (χ1v) is 4.76. The molecule has 0 atom stereocenters. The van der Waals surface area contributed by atoms with Crippen molar-refractivity contribution in [2.45, 2.75) is 13.8 Å². The predicted octanol–water partition coefficient (Wildman–Crippen LogP) is 2.37. The molecule has 0 fully saturated rings. The maximum atomic E-state index is 9.36. The van der Waals surface area contributed by atoms with Crippen LogP contribution in [0.3, 0.4) is 0 Å². The molecule has 72 valence electrons. The number of hydrogen-bond donors (Lipinski definition) is 1. The van der Waals surface area contributed by atoms with Gasteiger partial charge in [0.05, 0.1) is 20.1 Å². The van der Waals surface area contributed by atoms with Crippen LogP contribution in [0.1, 0.15) is 13.8 Å². The van der Waals surface area contributed by atoms with Crippen LogP contribution in [0.5, 0.6) is 5.75 Å². The zero-order valence-electron chi connectivity index (χ0n) is 8.62. The first-order chi connectivity index (χ1) is 6.12. The highest BCUT2D eigenvalue weighted by Crippen LogP contribution is 2.24. The fourth-order valence-corrected chi connectivity index (χ4v) is 1.42. The highest BCUT2D eigenvalue weighted by atomic mass is 16.3. The fourth-order valence-electron chi connectivity index (χ4n) is 1.42. The summed E-state index contributed by atoms with van der Waals surface area (Å²) in [5, 5.41) is 9.36. The van der Waals surface area contributed by atoms with Crippen molar-refractivity contribution in [1.29, 1.82) is 0 Å². The van der Waals surface area contributed by atoms with Crippen molar-refractivity contribution in [2.24, 2.45) is 0 Å². The summed E-state index contributed by atoms with van der Waals surface area (Å²) in [5.41, 5.74) is 1.17. The second-order valence-corrected chi connectivity index (χ2v) is 3.55. The molecule has 0 heterocycles. The molecule has 1 aromatic rings. The summed E-state index contributed by atoms with van der Waals surface area (Å²) in [6.07, 6.45) is 0. The first-order valence-electron chi connectivity index (χ1n) is 4.76. The van der Waals surface area contributed by atoms with Gasteiger partial charge in [0.15, 0.2) is 0 Å². The Morgan fingerprint density at radius 1 is 1.23 bits per heavy atom. The SMILES string of the molecule is CC[N+](C)(CC)c1cccc(O)c1. The Morgan fingerprint density at radius 3 is 2.31 bits per heavy atom. The average Bonchev–Trinajstić information content (AvgIpc) is 2.17. The Hall–Kier alpha value is -1.02. The van der Waals surface area contributed by atoms with Crippen molar-refractivity contribution >= 4 is 5.69 Å². The van der Waals surface area contributed by atoms with Crippen LogP contribution in [0.15, 0.2) is 24.3 Å². The molecule has 0 spiro atoms. The molecule has 1 rings (SSSR count). The van der Waals surface area contributed by atoms with Gasteiger partial charge >= 0.3 is 0 Å². The Bertz CT molecular complexity index is 279. The lowest BCUT2D eigenvalue weighted by Crippen LogP contribution is -2.44. The monoisotopic (exact) mass is 180 g/mol. The third-order valence-corrected chi connectivity index (χ3v) is 2.85. The van der Waals surface area contributed by atoms with Crippen molar-refractivity contribution in [3.8, 4) is 5.75 Å². The molecular formula is C11H18NO+. The molecule has 2 nitrogen and oxygen atoms in total. The minimum Gasteiger partial charge on any atom is -0.508 e. The van der Waals surface area contributed by atoms with E-state index in [0.717, 1.165) is 17.6 Å². The van der Waals surface area contributed by atoms with Crippen molar-refractivity contribution in [2.75, 3.05) is 20.1 Å². The van der Waals surface area contributed by atoms with Crippen molar-refractivity contribution in [3.63, 3.8) is 0 Å². The lowest BCUT2D eigenvalue weighted by molar-refractivity contribution is 0.363. The van der Waals surface area contributed by atoms with Gasteiger partial charge in [-0.25, -0.2) is 0 Å². The minimum atomic E-state index is 0.351. The van der Waals surface area contributed by atoms with Crippen LogP contribution >= 0.6 is 0 Å². The number of rotatable bonds is 3. The van der Waals surface area contributed by atoms with E-state index in [2.05, 4.69) is 27.0 Å². The van der Waals surface area contributed by atoms with Crippen molar-refractivity contribution in [3.05, 3.63) is 24.3 Å². The second-order valence-electron chi connectivity index (χ2n) is 3.55. The van der Waals surface area contributed by atoms with E-state index < -0.39 is 0 Å². The zero-order chi connectivity index (χ0) is 9.90. The summed E-state index contributed by atoms with van der Waals surface area (Å²) < 4.78 is 0.869. The summed E-state index contributed by atoms with van der Waals surface area (Å²) in [6, 6.07) is 7.51. The molecule has 13 heavy (non-hydrogen) atoms. The highest BCUT2D eigenvalue weighted by molar-refractivity contribution is 5.46. The lowest BCUT2D eigenvalue weighted by atomic mass is 10.2. The van der Waals surface area contributed by atoms with Crippen molar-refractivity contribution < 1.29 is 5.11 Å². The molecule has 0 saturated heterocycles. The Morgan fingerprint density at radius 2 is 1.85 bits per heavy atom. The standard InChI is InChI=1S/C11H17NO/c1-4-12(3,5-2)10-7-6-8-11(13)9-10/h6-9H,4-5H2,1-3H3/p+1. The van der Waals surface area contributed by atoms with E-state index in [1.165, 1.54) is 5.69 Å². The predicted molar refractivity (Wildman–Crippen MR) is 56.9 cm³/mol. The minimum absolute atomic E-state index is 0.351. The van der Waals surface area contributed by atoms with Gasteiger partial charge in [-0.2, -0.15) is 0 Å². The Labute approximate surface area is 80.0 Å². The lowest BCUT2D eigenvalue weighted by Gasteiger charge is -2.31. The Kier molecular flexibility index (Phi) is 2.94. The smallest absolute Gasteiger partial charge is 0.136 e. The summed E-state index contributed by atoms with van der Waals surface area (Å²) >= 11 is 0. The van der Waals surface area contributed by atoms with E-state index in [4.69, 9.17) is 0 Å². The number of phenolic OH excluding ortho intramolecular Hbond substituents is 1. The largest absolute Gasteiger partial charge is 0.508 e. The van der Waals surface area contributed by atoms with E-state index in [1.54, 1.807) is 6.07 Å². The molecule has 0 aliphatic carbocycles. The number of quaternary nitrogens is 1. The van der Waals surface area contributed by atoms with Gasteiger partial charge in [-0.3, -0.25) is 4.48 Å². The van der Waals surface area contributed by atoms with E-state index in [-0.39, 0.29) is 0 Å². The van der Waals surface area contributed by atoms with Crippen LogP contribution in [-0.4, -0.2) is 25.2 Å². The molecule has 2 heteroatoms. The fraction of sp³-hybridized carbons (Fsp3) is 0.455. The third-order valence-electron chi connectivity index (χ3n) is 2.85. The quantitative estimate of drug-likeness (QED) is 0.708.